The third-order valence-corrected chi connectivity index (χ3v) is 5.17. The fraction of sp³-hybridized carbons (Fsp3) is 0.800. The van der Waals surface area contributed by atoms with E-state index in [0.717, 1.165) is 32.2 Å². The first-order chi connectivity index (χ1) is 9.81. The van der Waals surface area contributed by atoms with Crippen LogP contribution >= 0.6 is 11.3 Å². The summed E-state index contributed by atoms with van der Waals surface area (Å²) in [5.41, 5.74) is 1.34. The summed E-state index contributed by atoms with van der Waals surface area (Å²) < 4.78 is 5.97. The summed E-state index contributed by atoms with van der Waals surface area (Å²) in [5.74, 6) is 0.721. The Balaban J connectivity index is 1.73. The van der Waals surface area contributed by atoms with Gasteiger partial charge in [0.1, 0.15) is 11.1 Å². The molecule has 0 aromatic carbocycles. The van der Waals surface area contributed by atoms with Crippen LogP contribution in [0.4, 0.5) is 0 Å². The van der Waals surface area contributed by atoms with Gasteiger partial charge in [0.25, 0.3) is 0 Å². The van der Waals surface area contributed by atoms with Gasteiger partial charge >= 0.3 is 0 Å². The number of thiazole rings is 1. The minimum absolute atomic E-state index is 0.184. The van der Waals surface area contributed by atoms with Gasteiger partial charge in [-0.3, -0.25) is 4.90 Å². The lowest BCUT2D eigenvalue weighted by Crippen LogP contribution is -2.38. The zero-order chi connectivity index (χ0) is 13.9. The van der Waals surface area contributed by atoms with Crippen molar-refractivity contribution in [1.82, 2.24) is 15.2 Å². The molecule has 0 spiro atoms. The number of hydrogen-bond donors (Lipinski definition) is 1. The highest BCUT2D eigenvalue weighted by Crippen LogP contribution is 2.43. The molecule has 1 aromatic heterocycles. The lowest BCUT2D eigenvalue weighted by atomic mass is 10.2. The van der Waals surface area contributed by atoms with Crippen LogP contribution in [0.3, 0.4) is 0 Å². The maximum atomic E-state index is 5.97. The molecule has 0 amide bonds. The largest absolute Gasteiger partial charge is 0.368 e. The molecule has 4 nitrogen and oxygen atoms in total. The van der Waals surface area contributed by atoms with Gasteiger partial charge in [0.15, 0.2) is 0 Å². The van der Waals surface area contributed by atoms with E-state index in [1.165, 1.54) is 41.4 Å². The zero-order valence-corrected chi connectivity index (χ0v) is 13.3. The van der Waals surface area contributed by atoms with E-state index in [1.54, 1.807) is 0 Å². The van der Waals surface area contributed by atoms with Crippen LogP contribution in [0.15, 0.2) is 0 Å². The van der Waals surface area contributed by atoms with Gasteiger partial charge in [-0.25, -0.2) is 4.98 Å². The molecule has 0 radical (unpaired) electrons. The standard InChI is InChI=1S/C15H25N3OS/c1-3-6-18-7-8-19-12(10-18)15-17-14(11-4-5-11)13(20-15)9-16-2/h11-12,16H,3-10H2,1-2H3. The summed E-state index contributed by atoms with van der Waals surface area (Å²) in [6, 6.07) is 0. The highest BCUT2D eigenvalue weighted by molar-refractivity contribution is 7.11. The summed E-state index contributed by atoms with van der Waals surface area (Å²) in [7, 11) is 2.01. The van der Waals surface area contributed by atoms with Crippen molar-refractivity contribution in [2.75, 3.05) is 33.3 Å². The second-order valence-corrected chi connectivity index (χ2v) is 6.94. The number of aromatic nitrogens is 1. The van der Waals surface area contributed by atoms with E-state index in [0.29, 0.717) is 0 Å². The van der Waals surface area contributed by atoms with E-state index in [-0.39, 0.29) is 6.10 Å². The Morgan fingerprint density at radius 2 is 2.30 bits per heavy atom. The molecule has 1 aliphatic heterocycles. The molecule has 1 atom stereocenters. The highest BCUT2D eigenvalue weighted by Gasteiger charge is 2.32. The van der Waals surface area contributed by atoms with E-state index in [9.17, 15) is 0 Å². The molecule has 2 fully saturated rings. The van der Waals surface area contributed by atoms with Gasteiger partial charge in [-0.1, -0.05) is 6.92 Å². The first kappa shape index (κ1) is 14.4. The maximum Gasteiger partial charge on any atom is 0.123 e. The van der Waals surface area contributed by atoms with Crippen LogP contribution in [-0.2, 0) is 11.3 Å². The minimum Gasteiger partial charge on any atom is -0.368 e. The molecule has 1 unspecified atom stereocenters. The Hall–Kier alpha value is -0.490. The Morgan fingerprint density at radius 1 is 1.45 bits per heavy atom. The maximum absolute atomic E-state index is 5.97. The molecule has 5 heteroatoms. The molecular formula is C15H25N3OS. The van der Waals surface area contributed by atoms with Crippen LogP contribution in [0.5, 0.6) is 0 Å². The van der Waals surface area contributed by atoms with Gasteiger partial charge < -0.3 is 10.1 Å². The van der Waals surface area contributed by atoms with E-state index < -0.39 is 0 Å². The van der Waals surface area contributed by atoms with Crippen LogP contribution in [0.2, 0.25) is 0 Å². The topological polar surface area (TPSA) is 37.4 Å². The lowest BCUT2D eigenvalue weighted by Gasteiger charge is -2.31. The molecule has 2 heterocycles. The molecule has 3 rings (SSSR count). The quantitative estimate of drug-likeness (QED) is 0.875. The van der Waals surface area contributed by atoms with E-state index in [2.05, 4.69) is 17.1 Å². The van der Waals surface area contributed by atoms with Crippen molar-refractivity contribution in [2.45, 2.75) is 44.8 Å². The number of morpholine rings is 1. The SMILES string of the molecule is CCCN1CCOC(c2nc(C3CC3)c(CNC)s2)C1. The summed E-state index contributed by atoms with van der Waals surface area (Å²) in [6.45, 7) is 7.26. The van der Waals surface area contributed by atoms with Crippen molar-refractivity contribution in [1.29, 1.82) is 0 Å². The predicted octanol–water partition coefficient (Wildman–Crippen LogP) is 2.52. The fourth-order valence-corrected chi connectivity index (χ4v) is 4.06. The molecule has 112 valence electrons. The Bertz CT molecular complexity index is 442. The van der Waals surface area contributed by atoms with Gasteiger partial charge in [-0.15, -0.1) is 11.3 Å². The molecule has 1 saturated heterocycles. The monoisotopic (exact) mass is 295 g/mol. The van der Waals surface area contributed by atoms with Gasteiger partial charge in [-0.2, -0.15) is 0 Å². The highest BCUT2D eigenvalue weighted by atomic mass is 32.1. The fourth-order valence-electron chi connectivity index (χ4n) is 2.85. The van der Waals surface area contributed by atoms with Gasteiger partial charge in [-0.05, 0) is 32.9 Å². The van der Waals surface area contributed by atoms with Crippen molar-refractivity contribution in [2.24, 2.45) is 0 Å². The Labute approximate surface area is 125 Å². The van der Waals surface area contributed by atoms with Gasteiger partial charge in [0.2, 0.25) is 0 Å². The van der Waals surface area contributed by atoms with Crippen molar-refractivity contribution in [3.63, 3.8) is 0 Å². The average molecular weight is 295 g/mol. The van der Waals surface area contributed by atoms with Crippen LogP contribution < -0.4 is 5.32 Å². The number of nitrogens with zero attached hydrogens (tertiary/aromatic N) is 2. The number of rotatable bonds is 6. The summed E-state index contributed by atoms with van der Waals surface area (Å²) in [4.78, 5) is 8.86. The predicted molar refractivity (Wildman–Crippen MR) is 82.3 cm³/mol. The van der Waals surface area contributed by atoms with Gasteiger partial charge in [0.05, 0.1) is 12.3 Å². The molecule has 1 aliphatic carbocycles. The second-order valence-electron chi connectivity index (χ2n) is 5.83. The third kappa shape index (κ3) is 3.22. The number of hydrogen-bond acceptors (Lipinski definition) is 5. The van der Waals surface area contributed by atoms with Gasteiger partial charge in [0, 0.05) is 30.4 Å². The molecule has 2 aliphatic rings. The van der Waals surface area contributed by atoms with E-state index in [1.807, 2.05) is 18.4 Å². The van der Waals surface area contributed by atoms with Crippen molar-refractivity contribution in [3.8, 4) is 0 Å². The van der Waals surface area contributed by atoms with Crippen LogP contribution in [0.25, 0.3) is 0 Å². The van der Waals surface area contributed by atoms with Crippen molar-refractivity contribution < 1.29 is 4.74 Å². The summed E-state index contributed by atoms with van der Waals surface area (Å²) in [5, 5.41) is 4.46. The van der Waals surface area contributed by atoms with E-state index in [4.69, 9.17) is 9.72 Å². The Kier molecular flexibility index (Phi) is 4.71. The molecule has 1 saturated carbocycles. The number of nitrogens with one attached hydrogen (secondary N) is 1. The second kappa shape index (κ2) is 6.52. The van der Waals surface area contributed by atoms with Crippen LogP contribution in [0.1, 0.15) is 53.8 Å². The average Bonchev–Trinajstić information content (AvgIpc) is 3.21. The first-order valence-corrected chi connectivity index (χ1v) is 8.61. The minimum atomic E-state index is 0.184. The lowest BCUT2D eigenvalue weighted by molar-refractivity contribution is -0.0299. The molecule has 20 heavy (non-hydrogen) atoms. The molecule has 0 bridgehead atoms. The Morgan fingerprint density at radius 3 is 3.00 bits per heavy atom. The summed E-state index contributed by atoms with van der Waals surface area (Å²) in [6.07, 6.45) is 4.02. The number of ether oxygens (including phenoxy) is 1. The van der Waals surface area contributed by atoms with Crippen molar-refractivity contribution >= 4 is 11.3 Å². The molecular weight excluding hydrogens is 270 g/mol. The third-order valence-electron chi connectivity index (χ3n) is 4.01. The summed E-state index contributed by atoms with van der Waals surface area (Å²) >= 11 is 1.85. The normalized spacial score (nSPS) is 24.2. The van der Waals surface area contributed by atoms with Crippen LogP contribution in [-0.4, -0.2) is 43.2 Å². The van der Waals surface area contributed by atoms with Crippen molar-refractivity contribution in [3.05, 3.63) is 15.6 Å². The molecule has 1 aromatic rings. The molecule has 1 N–H and O–H groups in total. The van der Waals surface area contributed by atoms with E-state index >= 15 is 0 Å². The smallest absolute Gasteiger partial charge is 0.123 e. The first-order valence-electron chi connectivity index (χ1n) is 7.79. The van der Waals surface area contributed by atoms with Crippen LogP contribution in [0, 0.1) is 0 Å². The zero-order valence-electron chi connectivity index (χ0n) is 12.5.